The van der Waals surface area contributed by atoms with Gasteiger partial charge >= 0.3 is 0 Å². The number of fused-ring (bicyclic) bond motifs is 1. The number of aromatic nitrogens is 1. The lowest BCUT2D eigenvalue weighted by Gasteiger charge is -2.23. The molecule has 2 aromatic carbocycles. The number of carbonyl (C=O) groups excluding carboxylic acids is 1. The Morgan fingerprint density at radius 1 is 1.12 bits per heavy atom. The topological polar surface area (TPSA) is 64.9 Å². The first-order chi connectivity index (χ1) is 15.7. The molecule has 0 atom stereocenters. The molecule has 3 aromatic rings. The van der Waals surface area contributed by atoms with Gasteiger partial charge in [0, 0.05) is 23.9 Å². The Bertz CT molecular complexity index is 1030. The van der Waals surface area contributed by atoms with Crippen LogP contribution in [0.15, 0.2) is 54.6 Å². The highest BCUT2D eigenvalue weighted by Crippen LogP contribution is 2.26. The Labute approximate surface area is 189 Å². The van der Waals surface area contributed by atoms with Crippen molar-refractivity contribution in [2.75, 3.05) is 46.0 Å². The normalized spacial score (nSPS) is 14.4. The van der Waals surface area contributed by atoms with Crippen molar-refractivity contribution in [2.24, 2.45) is 0 Å². The van der Waals surface area contributed by atoms with Crippen molar-refractivity contribution in [3.63, 3.8) is 0 Å². The third-order valence-electron chi connectivity index (χ3n) is 5.78. The Morgan fingerprint density at radius 2 is 1.91 bits per heavy atom. The molecule has 6 nitrogen and oxygen atoms in total. The molecule has 1 amide bonds. The molecule has 1 aliphatic rings. The van der Waals surface area contributed by atoms with Crippen molar-refractivity contribution in [3.8, 4) is 17.0 Å². The SMILES string of the molecule is CCCOc1ccc(-c2cc(C(=O)NCCC[NH+]3CCOCC3)c3ccccc3n2)cc1. The molecule has 1 aliphatic heterocycles. The van der Waals surface area contributed by atoms with Crippen LogP contribution in [-0.4, -0.2) is 56.9 Å². The van der Waals surface area contributed by atoms with Gasteiger partial charge < -0.3 is 19.7 Å². The first kappa shape index (κ1) is 22.2. The van der Waals surface area contributed by atoms with Crippen molar-refractivity contribution in [3.05, 3.63) is 60.2 Å². The van der Waals surface area contributed by atoms with E-state index in [0.29, 0.717) is 18.7 Å². The average Bonchev–Trinajstić information content (AvgIpc) is 2.85. The van der Waals surface area contributed by atoms with Gasteiger partial charge in [-0.05, 0) is 42.8 Å². The molecule has 168 valence electrons. The van der Waals surface area contributed by atoms with Crippen LogP contribution in [0.3, 0.4) is 0 Å². The Balaban J connectivity index is 1.48. The highest BCUT2D eigenvalue weighted by atomic mass is 16.5. The monoisotopic (exact) mass is 434 g/mol. The molecule has 2 N–H and O–H groups in total. The number of nitrogens with one attached hydrogen (secondary N) is 2. The van der Waals surface area contributed by atoms with Crippen LogP contribution in [0.2, 0.25) is 0 Å². The minimum atomic E-state index is -0.0512. The lowest BCUT2D eigenvalue weighted by molar-refractivity contribution is -0.908. The van der Waals surface area contributed by atoms with Gasteiger partial charge in [0.25, 0.3) is 5.91 Å². The van der Waals surface area contributed by atoms with E-state index < -0.39 is 0 Å². The predicted octanol–water partition coefficient (Wildman–Crippen LogP) is 2.73. The summed E-state index contributed by atoms with van der Waals surface area (Å²) < 4.78 is 11.1. The second-order valence-electron chi connectivity index (χ2n) is 8.17. The van der Waals surface area contributed by atoms with Crippen LogP contribution in [0.4, 0.5) is 0 Å². The number of hydrogen-bond acceptors (Lipinski definition) is 4. The Morgan fingerprint density at radius 3 is 2.69 bits per heavy atom. The van der Waals surface area contributed by atoms with Crippen molar-refractivity contribution in [1.29, 1.82) is 0 Å². The molecule has 1 fully saturated rings. The maximum Gasteiger partial charge on any atom is 0.252 e. The number of carbonyl (C=O) groups is 1. The first-order valence-electron chi connectivity index (χ1n) is 11.6. The minimum absolute atomic E-state index is 0.0512. The van der Waals surface area contributed by atoms with Gasteiger partial charge in [-0.25, -0.2) is 4.98 Å². The van der Waals surface area contributed by atoms with Gasteiger partial charge in [-0.2, -0.15) is 0 Å². The van der Waals surface area contributed by atoms with Crippen molar-refractivity contribution in [2.45, 2.75) is 19.8 Å². The molecule has 0 saturated carbocycles. The van der Waals surface area contributed by atoms with E-state index in [-0.39, 0.29) is 5.91 Å². The standard InChI is InChI=1S/C26H31N3O3/c1-2-16-32-21-10-8-20(9-11-21)25-19-23(22-6-3-4-7-24(22)28-25)26(30)27-12-5-13-29-14-17-31-18-15-29/h3-4,6-11,19H,2,5,12-18H2,1H3,(H,27,30)/p+1. The number of morpholine rings is 1. The van der Waals surface area contributed by atoms with Crippen LogP contribution in [0, 0.1) is 0 Å². The van der Waals surface area contributed by atoms with Gasteiger partial charge in [-0.15, -0.1) is 0 Å². The second-order valence-corrected chi connectivity index (χ2v) is 8.17. The van der Waals surface area contributed by atoms with Gasteiger partial charge in [0.2, 0.25) is 0 Å². The molecule has 0 aliphatic carbocycles. The Kier molecular flexibility index (Phi) is 7.69. The van der Waals surface area contributed by atoms with Gasteiger partial charge in [-0.3, -0.25) is 4.79 Å². The molecule has 0 unspecified atom stereocenters. The maximum atomic E-state index is 13.1. The largest absolute Gasteiger partial charge is 0.494 e. The second kappa shape index (κ2) is 11.1. The van der Waals surface area contributed by atoms with Gasteiger partial charge in [0.05, 0.1) is 43.1 Å². The number of nitrogens with zero attached hydrogens (tertiary/aromatic N) is 1. The molecular weight excluding hydrogens is 402 g/mol. The summed E-state index contributed by atoms with van der Waals surface area (Å²) in [6.45, 7) is 8.27. The van der Waals surface area contributed by atoms with E-state index in [4.69, 9.17) is 14.5 Å². The van der Waals surface area contributed by atoms with Crippen molar-refractivity contribution < 1.29 is 19.2 Å². The quantitative estimate of drug-likeness (QED) is 0.509. The molecular formula is C26H32N3O3+. The number of quaternary nitrogens is 1. The smallest absolute Gasteiger partial charge is 0.252 e. The fraction of sp³-hybridized carbons (Fsp3) is 0.385. The molecule has 6 heteroatoms. The molecule has 1 saturated heterocycles. The Hall–Kier alpha value is -2.96. The summed E-state index contributed by atoms with van der Waals surface area (Å²) in [4.78, 5) is 19.4. The minimum Gasteiger partial charge on any atom is -0.494 e. The van der Waals surface area contributed by atoms with Crippen LogP contribution in [0.1, 0.15) is 30.1 Å². The van der Waals surface area contributed by atoms with E-state index in [0.717, 1.165) is 73.6 Å². The fourth-order valence-electron chi connectivity index (χ4n) is 4.00. The third-order valence-corrected chi connectivity index (χ3v) is 5.78. The average molecular weight is 435 g/mol. The molecule has 4 rings (SSSR count). The highest BCUT2D eigenvalue weighted by molar-refractivity contribution is 6.07. The van der Waals surface area contributed by atoms with Crippen LogP contribution in [-0.2, 0) is 4.74 Å². The summed E-state index contributed by atoms with van der Waals surface area (Å²) in [7, 11) is 0. The molecule has 2 heterocycles. The molecule has 0 bridgehead atoms. The van der Waals surface area contributed by atoms with Gasteiger partial charge in [0.15, 0.2) is 0 Å². The summed E-state index contributed by atoms with van der Waals surface area (Å²) in [6.07, 6.45) is 1.93. The molecule has 0 spiro atoms. The summed E-state index contributed by atoms with van der Waals surface area (Å²) in [5, 5.41) is 3.98. The fourth-order valence-corrected chi connectivity index (χ4v) is 4.00. The van der Waals surface area contributed by atoms with Gasteiger partial charge in [0.1, 0.15) is 18.8 Å². The number of amides is 1. The van der Waals surface area contributed by atoms with Crippen LogP contribution < -0.4 is 15.0 Å². The third kappa shape index (κ3) is 5.64. The maximum absolute atomic E-state index is 13.1. The number of rotatable bonds is 9. The lowest BCUT2D eigenvalue weighted by atomic mass is 10.0. The van der Waals surface area contributed by atoms with E-state index in [1.54, 1.807) is 4.90 Å². The van der Waals surface area contributed by atoms with Crippen LogP contribution in [0.5, 0.6) is 5.75 Å². The zero-order valence-electron chi connectivity index (χ0n) is 18.7. The number of pyridine rings is 1. The highest BCUT2D eigenvalue weighted by Gasteiger charge is 2.16. The molecule has 32 heavy (non-hydrogen) atoms. The zero-order chi connectivity index (χ0) is 22.2. The van der Waals surface area contributed by atoms with E-state index in [1.165, 1.54) is 0 Å². The lowest BCUT2D eigenvalue weighted by Crippen LogP contribution is -3.14. The predicted molar refractivity (Wildman–Crippen MR) is 126 cm³/mol. The summed E-state index contributed by atoms with van der Waals surface area (Å²) in [5.41, 5.74) is 3.23. The van der Waals surface area contributed by atoms with E-state index >= 15 is 0 Å². The summed E-state index contributed by atoms with van der Waals surface area (Å²) >= 11 is 0. The van der Waals surface area contributed by atoms with Crippen molar-refractivity contribution in [1.82, 2.24) is 10.3 Å². The summed E-state index contributed by atoms with van der Waals surface area (Å²) in [5.74, 6) is 0.793. The van der Waals surface area contributed by atoms with E-state index in [9.17, 15) is 4.79 Å². The number of benzene rings is 2. The number of hydrogen-bond donors (Lipinski definition) is 2. The van der Waals surface area contributed by atoms with Crippen molar-refractivity contribution >= 4 is 16.8 Å². The first-order valence-corrected chi connectivity index (χ1v) is 11.6. The molecule has 0 radical (unpaired) electrons. The number of ether oxygens (including phenoxy) is 2. The zero-order valence-corrected chi connectivity index (χ0v) is 18.7. The van der Waals surface area contributed by atoms with Crippen LogP contribution in [0.25, 0.3) is 22.2 Å². The van der Waals surface area contributed by atoms with Crippen LogP contribution >= 0.6 is 0 Å². The van der Waals surface area contributed by atoms with E-state index in [1.807, 2.05) is 54.6 Å². The number of para-hydroxylation sites is 1. The molecule has 1 aromatic heterocycles. The van der Waals surface area contributed by atoms with Gasteiger partial charge in [-0.1, -0.05) is 25.1 Å². The summed E-state index contributed by atoms with van der Waals surface area (Å²) in [6, 6.07) is 17.6. The van der Waals surface area contributed by atoms with E-state index in [2.05, 4.69) is 12.2 Å².